The first kappa shape index (κ1) is 63.0. The molecule has 75 heavy (non-hydrogen) atoms. The molecule has 0 amide bonds. The summed E-state index contributed by atoms with van der Waals surface area (Å²) in [6, 6.07) is 0. The number of rotatable bonds is 39. The highest BCUT2D eigenvalue weighted by Crippen LogP contribution is 2.31. The van der Waals surface area contributed by atoms with Gasteiger partial charge in [-0.05, 0) is 172 Å². The van der Waals surface area contributed by atoms with Gasteiger partial charge in [0, 0.05) is 38.9 Å². The van der Waals surface area contributed by atoms with Gasteiger partial charge in [-0.2, -0.15) is 0 Å². The molecule has 0 N–H and O–H groups in total. The van der Waals surface area contributed by atoms with E-state index in [4.69, 9.17) is 28.4 Å². The Balaban J connectivity index is 1.16. The standard InChI is InChI=1S/C60H99N3O12/c1-4-40-70-43-49-25-31-52(32-26-49)46-73-55(64)22-16-10-7-13-19-37-61-58(67)62(38-20-14-8-11-17-23-56(65)74-47-53-33-27-50(28-34-53)44-71-41-5-2)60(69)63(59(61)68)39-21-15-9-12-18-24-57(66)75-48-54-35-29-51(30-36-54)45-72-42-6-3/h4-6,40-42,49-54H,7-39,43-48H2,1-3H3/b40-4+,41-5+,42-6+. The zero-order valence-corrected chi connectivity index (χ0v) is 46.7. The molecule has 3 fully saturated rings. The summed E-state index contributed by atoms with van der Waals surface area (Å²) in [5.74, 6) is 2.48. The highest BCUT2D eigenvalue weighted by molar-refractivity contribution is 5.70. The smallest absolute Gasteiger partial charge is 0.336 e. The number of carbonyl (C=O) groups is 3. The lowest BCUT2D eigenvalue weighted by atomic mass is 9.83. The van der Waals surface area contributed by atoms with Crippen molar-refractivity contribution in [2.45, 2.75) is 233 Å². The van der Waals surface area contributed by atoms with E-state index < -0.39 is 17.1 Å². The van der Waals surface area contributed by atoms with Gasteiger partial charge in [-0.1, -0.05) is 76.0 Å². The molecular formula is C60H99N3O12. The van der Waals surface area contributed by atoms with Gasteiger partial charge in [-0.3, -0.25) is 14.4 Å². The first-order valence-corrected chi connectivity index (χ1v) is 29.7. The van der Waals surface area contributed by atoms with Crippen LogP contribution in [0.5, 0.6) is 0 Å². The molecule has 0 unspecified atom stereocenters. The number of unbranched alkanes of at least 4 members (excludes halogenated alkanes) is 12. The fourth-order valence-corrected chi connectivity index (χ4v) is 10.9. The molecule has 0 aromatic carbocycles. The Morgan fingerprint density at radius 1 is 0.347 bits per heavy atom. The van der Waals surface area contributed by atoms with Crippen LogP contribution >= 0.6 is 0 Å². The molecule has 1 aromatic heterocycles. The Hall–Kier alpha value is -4.56. The van der Waals surface area contributed by atoms with Gasteiger partial charge in [0.25, 0.3) is 0 Å². The zero-order valence-electron chi connectivity index (χ0n) is 46.7. The summed E-state index contributed by atoms with van der Waals surface area (Å²) < 4.78 is 37.3. The molecule has 0 atom stereocenters. The first-order chi connectivity index (χ1) is 36.6. The topological polar surface area (TPSA) is 173 Å². The van der Waals surface area contributed by atoms with Crippen molar-refractivity contribution in [1.82, 2.24) is 13.7 Å². The van der Waals surface area contributed by atoms with Crippen LogP contribution < -0.4 is 17.1 Å². The van der Waals surface area contributed by atoms with E-state index in [2.05, 4.69) is 0 Å². The monoisotopic (exact) mass is 1050 g/mol. The maximum Gasteiger partial charge on any atom is 0.336 e. The largest absolute Gasteiger partial charge is 0.501 e. The Kier molecular flexibility index (Phi) is 32.7. The Labute approximate surface area is 449 Å². The fraction of sp³-hybridized carbons (Fsp3) is 0.800. The Morgan fingerprint density at radius 2 is 0.560 bits per heavy atom. The molecule has 4 rings (SSSR count). The van der Waals surface area contributed by atoms with Crippen LogP contribution in [0.3, 0.4) is 0 Å². The van der Waals surface area contributed by atoms with E-state index in [1.165, 1.54) is 13.7 Å². The molecule has 0 saturated heterocycles. The number of esters is 3. The summed E-state index contributed by atoms with van der Waals surface area (Å²) >= 11 is 0. The number of nitrogens with zero attached hydrogens (tertiary/aromatic N) is 3. The Bertz CT molecular complexity index is 1740. The minimum atomic E-state index is -0.563. The quantitative estimate of drug-likeness (QED) is 0.0265. The summed E-state index contributed by atoms with van der Waals surface area (Å²) in [6.45, 7) is 10.2. The van der Waals surface area contributed by atoms with E-state index in [9.17, 15) is 28.8 Å². The van der Waals surface area contributed by atoms with Crippen molar-refractivity contribution in [2.75, 3.05) is 39.6 Å². The first-order valence-electron chi connectivity index (χ1n) is 29.7. The van der Waals surface area contributed by atoms with Crippen molar-refractivity contribution in [3.8, 4) is 0 Å². The van der Waals surface area contributed by atoms with Gasteiger partial charge in [0.05, 0.1) is 58.4 Å². The number of carbonyl (C=O) groups excluding carboxylic acids is 3. The third kappa shape index (κ3) is 26.4. The van der Waals surface area contributed by atoms with E-state index in [0.29, 0.717) is 93.9 Å². The van der Waals surface area contributed by atoms with Gasteiger partial charge < -0.3 is 28.4 Å². The van der Waals surface area contributed by atoms with Crippen LogP contribution in [0.25, 0.3) is 0 Å². The third-order valence-corrected chi connectivity index (χ3v) is 15.7. The lowest BCUT2D eigenvalue weighted by molar-refractivity contribution is -0.146. The van der Waals surface area contributed by atoms with Crippen molar-refractivity contribution in [2.24, 2.45) is 35.5 Å². The molecule has 3 saturated carbocycles. The van der Waals surface area contributed by atoms with Crippen molar-refractivity contribution in [1.29, 1.82) is 0 Å². The van der Waals surface area contributed by atoms with E-state index >= 15 is 0 Å². The van der Waals surface area contributed by atoms with Crippen LogP contribution in [0, 0.1) is 35.5 Å². The molecule has 426 valence electrons. The third-order valence-electron chi connectivity index (χ3n) is 15.7. The maximum atomic E-state index is 13.8. The summed E-state index contributed by atoms with van der Waals surface area (Å²) in [5.41, 5.74) is -1.69. The second kappa shape index (κ2) is 38.9. The molecule has 1 aromatic rings. The maximum absolute atomic E-state index is 13.8. The van der Waals surface area contributed by atoms with Crippen molar-refractivity contribution >= 4 is 17.9 Å². The van der Waals surface area contributed by atoms with Gasteiger partial charge in [0.1, 0.15) is 0 Å². The number of allylic oxidation sites excluding steroid dienone is 3. The molecule has 0 aliphatic heterocycles. The van der Waals surface area contributed by atoms with Crippen LogP contribution in [-0.2, 0) is 62.4 Å². The van der Waals surface area contributed by atoms with E-state index in [1.54, 1.807) is 18.8 Å². The number of ether oxygens (including phenoxy) is 6. The minimum absolute atomic E-state index is 0.152. The molecule has 3 aliphatic carbocycles. The van der Waals surface area contributed by atoms with Crippen molar-refractivity contribution in [3.05, 3.63) is 68.5 Å². The molecular weight excluding hydrogens is 955 g/mol. The summed E-state index contributed by atoms with van der Waals surface area (Å²) in [6.07, 6.45) is 36.4. The molecule has 15 heteroatoms. The molecule has 0 bridgehead atoms. The van der Waals surface area contributed by atoms with Crippen LogP contribution in [0.2, 0.25) is 0 Å². The van der Waals surface area contributed by atoms with E-state index in [1.807, 2.05) is 39.0 Å². The summed E-state index contributed by atoms with van der Waals surface area (Å²) in [7, 11) is 0. The molecule has 0 spiro atoms. The second-order valence-corrected chi connectivity index (χ2v) is 22.0. The van der Waals surface area contributed by atoms with Crippen LogP contribution in [0.15, 0.2) is 51.4 Å². The predicted molar refractivity (Wildman–Crippen MR) is 294 cm³/mol. The average molecular weight is 1050 g/mol. The zero-order chi connectivity index (χ0) is 53.7. The molecule has 1 heterocycles. The number of hydrogen-bond acceptors (Lipinski definition) is 12. The molecule has 3 aliphatic rings. The fourth-order valence-electron chi connectivity index (χ4n) is 10.9. The molecule has 15 nitrogen and oxygen atoms in total. The number of hydrogen-bond donors (Lipinski definition) is 0. The lowest BCUT2D eigenvalue weighted by Crippen LogP contribution is -2.54. The van der Waals surface area contributed by atoms with Crippen LogP contribution in [0.4, 0.5) is 0 Å². The number of aromatic nitrogens is 3. The van der Waals surface area contributed by atoms with Crippen LogP contribution in [-0.4, -0.2) is 71.3 Å². The summed E-state index contributed by atoms with van der Waals surface area (Å²) in [4.78, 5) is 78.9. The van der Waals surface area contributed by atoms with Gasteiger partial charge >= 0.3 is 35.0 Å². The van der Waals surface area contributed by atoms with Crippen LogP contribution in [0.1, 0.15) is 213 Å². The predicted octanol–water partition coefficient (Wildman–Crippen LogP) is 11.9. The van der Waals surface area contributed by atoms with Crippen molar-refractivity contribution < 1.29 is 42.8 Å². The SMILES string of the molecule is C/C=C/OCC1CCC(COC(=O)CCCCCCCn2c(=O)n(CCCCCCCC(=O)OCC3CCC(CO/C=C/C)CC3)c(=O)n(CCCCCCCC(=O)OCC3CCC(CO/C=C/C)CC3)c2=O)CC1. The molecule has 0 radical (unpaired) electrons. The Morgan fingerprint density at radius 3 is 0.800 bits per heavy atom. The summed E-state index contributed by atoms with van der Waals surface area (Å²) in [5, 5.41) is 0. The lowest BCUT2D eigenvalue weighted by Gasteiger charge is -2.27. The highest BCUT2D eigenvalue weighted by Gasteiger charge is 2.25. The van der Waals surface area contributed by atoms with Gasteiger partial charge in [-0.15, -0.1) is 0 Å². The highest BCUT2D eigenvalue weighted by atomic mass is 16.5. The normalized spacial score (nSPS) is 21.2. The van der Waals surface area contributed by atoms with E-state index in [-0.39, 0.29) is 37.5 Å². The van der Waals surface area contributed by atoms with Gasteiger partial charge in [0.2, 0.25) is 0 Å². The van der Waals surface area contributed by atoms with E-state index in [0.717, 1.165) is 174 Å². The second-order valence-electron chi connectivity index (χ2n) is 22.0. The average Bonchev–Trinajstić information content (AvgIpc) is 3.42. The van der Waals surface area contributed by atoms with Gasteiger partial charge in [-0.25, -0.2) is 28.1 Å². The van der Waals surface area contributed by atoms with Gasteiger partial charge in [0.15, 0.2) is 0 Å². The minimum Gasteiger partial charge on any atom is -0.501 e. The van der Waals surface area contributed by atoms with Crippen molar-refractivity contribution in [3.63, 3.8) is 0 Å².